The largest absolute Gasteiger partial charge is 0.376 e. The number of hydrogen-bond donors (Lipinski definition) is 0. The molecule has 3 heterocycles. The third-order valence-electron chi connectivity index (χ3n) is 6.41. The van der Waals surface area contributed by atoms with Crippen molar-refractivity contribution in [3.05, 3.63) is 35.9 Å². The number of piperidine rings is 1. The fourth-order valence-electron chi connectivity index (χ4n) is 4.78. The van der Waals surface area contributed by atoms with E-state index in [-0.39, 0.29) is 11.5 Å². The van der Waals surface area contributed by atoms with E-state index in [9.17, 15) is 4.79 Å². The van der Waals surface area contributed by atoms with Gasteiger partial charge in [-0.1, -0.05) is 30.3 Å². The van der Waals surface area contributed by atoms with Gasteiger partial charge in [0.1, 0.15) is 0 Å². The van der Waals surface area contributed by atoms with Crippen LogP contribution in [0.1, 0.15) is 31.2 Å². The summed E-state index contributed by atoms with van der Waals surface area (Å²) in [6.07, 6.45) is 5.32. The van der Waals surface area contributed by atoms with Crippen molar-refractivity contribution in [2.45, 2.75) is 38.2 Å². The Morgan fingerprint density at radius 1 is 1.11 bits per heavy atom. The number of carbonyl (C=O) groups is 1. The summed E-state index contributed by atoms with van der Waals surface area (Å²) in [5, 5.41) is 0. The number of carbonyl (C=O) groups excluding carboxylic acids is 1. The van der Waals surface area contributed by atoms with Crippen molar-refractivity contribution in [3.63, 3.8) is 0 Å². The third kappa shape index (κ3) is 4.89. The van der Waals surface area contributed by atoms with Crippen molar-refractivity contribution >= 4 is 5.91 Å². The van der Waals surface area contributed by atoms with Gasteiger partial charge in [0.2, 0.25) is 5.91 Å². The lowest BCUT2D eigenvalue weighted by Crippen LogP contribution is -2.46. The lowest BCUT2D eigenvalue weighted by molar-refractivity contribution is -0.127. The summed E-state index contributed by atoms with van der Waals surface area (Å²) in [6.45, 7) is 7.12. The number of hydrogen-bond acceptors (Lipinski definition) is 4. The van der Waals surface area contributed by atoms with Crippen molar-refractivity contribution in [1.29, 1.82) is 0 Å². The van der Waals surface area contributed by atoms with Crippen LogP contribution in [0, 0.1) is 5.41 Å². The number of ether oxygens (including phenoxy) is 2. The molecule has 1 aromatic carbocycles. The van der Waals surface area contributed by atoms with Crippen LogP contribution < -0.4 is 0 Å². The normalized spacial score (nSPS) is 26.0. The lowest BCUT2D eigenvalue weighted by atomic mass is 9.77. The summed E-state index contributed by atoms with van der Waals surface area (Å²) in [5.41, 5.74) is 1.57. The van der Waals surface area contributed by atoms with Gasteiger partial charge in [0.05, 0.1) is 25.9 Å². The van der Waals surface area contributed by atoms with E-state index >= 15 is 0 Å². The van der Waals surface area contributed by atoms with Gasteiger partial charge >= 0.3 is 0 Å². The van der Waals surface area contributed by atoms with E-state index < -0.39 is 0 Å². The molecular weight excluding hydrogens is 340 g/mol. The predicted octanol–water partition coefficient (Wildman–Crippen LogP) is 2.35. The molecule has 3 saturated heterocycles. The highest BCUT2D eigenvalue weighted by Crippen LogP contribution is 2.41. The zero-order valence-corrected chi connectivity index (χ0v) is 16.3. The van der Waals surface area contributed by atoms with Crippen LogP contribution in [0.5, 0.6) is 0 Å². The van der Waals surface area contributed by atoms with E-state index in [4.69, 9.17) is 9.47 Å². The average Bonchev–Trinajstić information content (AvgIpc) is 3.01. The van der Waals surface area contributed by atoms with E-state index in [0.29, 0.717) is 5.91 Å². The second-order valence-electron chi connectivity index (χ2n) is 8.45. The molecule has 1 aromatic rings. The molecule has 0 bridgehead atoms. The second kappa shape index (κ2) is 8.72. The summed E-state index contributed by atoms with van der Waals surface area (Å²) >= 11 is 0. The maximum Gasteiger partial charge on any atom is 0.223 e. The Morgan fingerprint density at radius 2 is 1.93 bits per heavy atom. The minimum absolute atomic E-state index is 0.213. The molecule has 0 aromatic heterocycles. The topological polar surface area (TPSA) is 42.0 Å². The quantitative estimate of drug-likeness (QED) is 0.769. The minimum atomic E-state index is 0.213. The number of likely N-dealkylation sites (tertiary alicyclic amines) is 2. The Balaban J connectivity index is 1.21. The molecule has 1 spiro atoms. The van der Waals surface area contributed by atoms with Crippen LogP contribution in [0.3, 0.4) is 0 Å². The molecule has 5 heteroatoms. The van der Waals surface area contributed by atoms with Crippen LogP contribution in [0.4, 0.5) is 0 Å². The highest BCUT2D eigenvalue weighted by atomic mass is 16.6. The highest BCUT2D eigenvalue weighted by Gasteiger charge is 2.44. The van der Waals surface area contributed by atoms with E-state index in [2.05, 4.69) is 40.1 Å². The van der Waals surface area contributed by atoms with Gasteiger partial charge in [0.15, 0.2) is 0 Å². The Labute approximate surface area is 162 Å². The van der Waals surface area contributed by atoms with E-state index in [1.807, 2.05) is 0 Å². The van der Waals surface area contributed by atoms with Crippen LogP contribution in [-0.4, -0.2) is 74.4 Å². The van der Waals surface area contributed by atoms with Crippen LogP contribution >= 0.6 is 0 Å². The van der Waals surface area contributed by atoms with E-state index in [1.54, 1.807) is 0 Å². The first kappa shape index (κ1) is 18.9. The lowest BCUT2D eigenvalue weighted by Gasteiger charge is -2.40. The summed E-state index contributed by atoms with van der Waals surface area (Å²) in [4.78, 5) is 17.2. The van der Waals surface area contributed by atoms with Gasteiger partial charge in [0, 0.05) is 26.1 Å². The molecule has 0 unspecified atom stereocenters. The molecule has 5 nitrogen and oxygen atoms in total. The first-order valence-corrected chi connectivity index (χ1v) is 10.5. The maximum atomic E-state index is 12.6. The maximum absolute atomic E-state index is 12.6. The fourth-order valence-corrected chi connectivity index (χ4v) is 4.78. The zero-order chi connectivity index (χ0) is 18.5. The second-order valence-corrected chi connectivity index (χ2v) is 8.45. The van der Waals surface area contributed by atoms with Gasteiger partial charge in [-0.2, -0.15) is 0 Å². The average molecular weight is 373 g/mol. The molecule has 3 aliphatic rings. The molecule has 27 heavy (non-hydrogen) atoms. The van der Waals surface area contributed by atoms with Crippen molar-refractivity contribution in [3.8, 4) is 0 Å². The Hall–Kier alpha value is -1.43. The molecule has 1 amide bonds. The Kier molecular flexibility index (Phi) is 6.11. The van der Waals surface area contributed by atoms with Crippen LogP contribution in [-0.2, 0) is 20.7 Å². The predicted molar refractivity (Wildman–Crippen MR) is 105 cm³/mol. The van der Waals surface area contributed by atoms with Crippen LogP contribution in [0.15, 0.2) is 30.3 Å². The molecular formula is C22H32N2O3. The molecule has 0 N–H and O–H groups in total. The monoisotopic (exact) mass is 372 g/mol. The molecule has 148 valence electrons. The highest BCUT2D eigenvalue weighted by molar-refractivity contribution is 5.79. The first-order valence-electron chi connectivity index (χ1n) is 10.5. The van der Waals surface area contributed by atoms with Crippen molar-refractivity contribution in [2.75, 3.05) is 52.5 Å². The smallest absolute Gasteiger partial charge is 0.223 e. The zero-order valence-electron chi connectivity index (χ0n) is 16.3. The fraction of sp³-hybridized carbons (Fsp3) is 0.682. The first-order chi connectivity index (χ1) is 13.2. The standard InChI is InChI=1S/C22H32N2O3/c25-21-15-22(18-24(21)10-4-7-19-5-2-1-3-6-19)8-11-23(12-9-22)16-20-17-26-13-14-27-20/h1-3,5-6,20H,4,7-18H2/t20-/m1/s1. The van der Waals surface area contributed by atoms with Crippen molar-refractivity contribution in [1.82, 2.24) is 9.80 Å². The molecule has 1 atom stereocenters. The summed E-state index contributed by atoms with van der Waals surface area (Å²) in [6, 6.07) is 10.6. The minimum Gasteiger partial charge on any atom is -0.376 e. The molecule has 3 fully saturated rings. The van der Waals surface area contributed by atoms with Crippen LogP contribution in [0.2, 0.25) is 0 Å². The molecule has 0 saturated carbocycles. The van der Waals surface area contributed by atoms with E-state index in [0.717, 1.165) is 84.6 Å². The number of nitrogens with zero attached hydrogens (tertiary/aromatic N) is 2. The van der Waals surface area contributed by atoms with E-state index in [1.165, 1.54) is 5.56 Å². The SMILES string of the molecule is O=C1CC2(CCN(C[C@@H]3COCCO3)CC2)CN1CCCc1ccccc1. The Bertz CT molecular complexity index is 607. The Morgan fingerprint density at radius 3 is 2.67 bits per heavy atom. The van der Waals surface area contributed by atoms with Gasteiger partial charge < -0.3 is 19.3 Å². The number of amides is 1. The van der Waals surface area contributed by atoms with Gasteiger partial charge in [-0.25, -0.2) is 0 Å². The number of rotatable bonds is 6. The van der Waals surface area contributed by atoms with Crippen LogP contribution in [0.25, 0.3) is 0 Å². The molecule has 0 radical (unpaired) electrons. The summed E-state index contributed by atoms with van der Waals surface area (Å²) in [7, 11) is 0. The molecule has 3 aliphatic heterocycles. The molecule has 0 aliphatic carbocycles. The summed E-state index contributed by atoms with van der Waals surface area (Å²) < 4.78 is 11.3. The van der Waals surface area contributed by atoms with Gasteiger partial charge in [-0.3, -0.25) is 4.79 Å². The number of benzene rings is 1. The molecule has 4 rings (SSSR count). The van der Waals surface area contributed by atoms with Crippen molar-refractivity contribution < 1.29 is 14.3 Å². The van der Waals surface area contributed by atoms with Gasteiger partial charge in [0.25, 0.3) is 0 Å². The summed E-state index contributed by atoms with van der Waals surface area (Å²) in [5.74, 6) is 0.362. The van der Waals surface area contributed by atoms with Crippen molar-refractivity contribution in [2.24, 2.45) is 5.41 Å². The third-order valence-corrected chi connectivity index (χ3v) is 6.41. The van der Waals surface area contributed by atoms with Gasteiger partial charge in [-0.15, -0.1) is 0 Å². The van der Waals surface area contributed by atoms with Gasteiger partial charge in [-0.05, 0) is 49.8 Å². The number of aryl methyl sites for hydroxylation is 1.